The molecule has 0 aromatic carbocycles. The molecule has 1 heterocycles. The fourth-order valence-corrected chi connectivity index (χ4v) is 3.63. The van der Waals surface area contributed by atoms with Crippen molar-refractivity contribution < 1.29 is 4.42 Å². The highest BCUT2D eigenvalue weighted by molar-refractivity contribution is 9.10. The highest BCUT2D eigenvalue weighted by Crippen LogP contribution is 2.30. The molecular weight excluding hydrogens is 286 g/mol. The number of rotatable bonds is 4. The normalized spacial score (nSPS) is 27.2. The molecule has 1 aromatic heterocycles. The largest absolute Gasteiger partial charge is 0.453 e. The first kappa shape index (κ1) is 12.5. The summed E-state index contributed by atoms with van der Waals surface area (Å²) in [6.07, 6.45) is 6.18. The van der Waals surface area contributed by atoms with E-state index in [9.17, 15) is 0 Å². The van der Waals surface area contributed by atoms with E-state index < -0.39 is 0 Å². The molecule has 3 unspecified atom stereocenters. The molecule has 3 atom stereocenters. The molecule has 90 valence electrons. The van der Waals surface area contributed by atoms with Crippen LogP contribution in [0.4, 0.5) is 0 Å². The number of nitrogens with one attached hydrogen (secondary N) is 1. The molecule has 0 radical (unpaired) electrons. The first-order valence-corrected chi connectivity index (χ1v) is 7.83. The van der Waals surface area contributed by atoms with E-state index in [-0.39, 0.29) is 0 Å². The van der Waals surface area contributed by atoms with Crippen LogP contribution >= 0.6 is 27.7 Å². The van der Waals surface area contributed by atoms with Gasteiger partial charge < -0.3 is 9.73 Å². The van der Waals surface area contributed by atoms with Gasteiger partial charge in [0.2, 0.25) is 0 Å². The minimum atomic E-state index is 0.295. The van der Waals surface area contributed by atoms with Gasteiger partial charge in [-0.15, -0.1) is 0 Å². The first-order valence-electron chi connectivity index (χ1n) is 5.75. The lowest BCUT2D eigenvalue weighted by Crippen LogP contribution is -2.35. The molecule has 1 aliphatic carbocycles. The zero-order valence-corrected chi connectivity index (χ0v) is 12.1. The zero-order chi connectivity index (χ0) is 11.5. The van der Waals surface area contributed by atoms with Gasteiger partial charge in [0.15, 0.2) is 4.67 Å². The summed E-state index contributed by atoms with van der Waals surface area (Å²) < 4.78 is 6.38. The van der Waals surface area contributed by atoms with E-state index >= 15 is 0 Å². The summed E-state index contributed by atoms with van der Waals surface area (Å²) in [6.45, 7) is 2.17. The number of hydrogen-bond donors (Lipinski definition) is 1. The van der Waals surface area contributed by atoms with Crippen molar-refractivity contribution in [3.63, 3.8) is 0 Å². The van der Waals surface area contributed by atoms with E-state index in [1.807, 2.05) is 23.9 Å². The molecule has 1 N–H and O–H groups in total. The number of furan rings is 1. The van der Waals surface area contributed by atoms with Crippen LogP contribution in [0.5, 0.6) is 0 Å². The second-order valence-electron chi connectivity index (χ2n) is 4.34. The Labute approximate surface area is 110 Å². The number of halogens is 1. The Morgan fingerprint density at radius 1 is 1.50 bits per heavy atom. The van der Waals surface area contributed by atoms with Crippen molar-refractivity contribution >= 4 is 27.7 Å². The average molecular weight is 304 g/mol. The third kappa shape index (κ3) is 2.84. The predicted octanol–water partition coefficient (Wildman–Crippen LogP) is 3.98. The van der Waals surface area contributed by atoms with E-state index in [4.69, 9.17) is 4.42 Å². The molecule has 1 fully saturated rings. The van der Waals surface area contributed by atoms with E-state index in [0.717, 1.165) is 15.7 Å². The van der Waals surface area contributed by atoms with Gasteiger partial charge in [0.25, 0.3) is 0 Å². The fourth-order valence-electron chi connectivity index (χ4n) is 2.36. The lowest BCUT2D eigenvalue weighted by atomic mass is 10.2. The minimum absolute atomic E-state index is 0.295. The molecule has 0 aliphatic heterocycles. The molecule has 4 heteroatoms. The maximum Gasteiger partial charge on any atom is 0.169 e. The standard InChI is InChI=1S/C12H18BrNOS/c1-8(10-6-7-12(13)15-10)14-9-4-3-5-11(9)16-2/h6-9,11,14H,3-5H2,1-2H3. The summed E-state index contributed by atoms with van der Waals surface area (Å²) in [5.41, 5.74) is 0. The van der Waals surface area contributed by atoms with Crippen molar-refractivity contribution in [1.29, 1.82) is 0 Å². The van der Waals surface area contributed by atoms with Gasteiger partial charge in [0, 0.05) is 11.3 Å². The second-order valence-corrected chi connectivity index (χ2v) is 6.20. The summed E-state index contributed by atoms with van der Waals surface area (Å²) in [5.74, 6) is 1.01. The Morgan fingerprint density at radius 3 is 2.94 bits per heavy atom. The highest BCUT2D eigenvalue weighted by atomic mass is 79.9. The molecule has 0 saturated heterocycles. The minimum Gasteiger partial charge on any atom is -0.453 e. The topological polar surface area (TPSA) is 25.2 Å². The van der Waals surface area contributed by atoms with Gasteiger partial charge in [-0.3, -0.25) is 0 Å². The maximum atomic E-state index is 5.57. The fraction of sp³-hybridized carbons (Fsp3) is 0.667. The molecular formula is C12H18BrNOS. The van der Waals surface area contributed by atoms with Crippen LogP contribution in [-0.2, 0) is 0 Å². The van der Waals surface area contributed by atoms with Gasteiger partial charge in [-0.1, -0.05) is 6.42 Å². The van der Waals surface area contributed by atoms with Crippen LogP contribution in [0.25, 0.3) is 0 Å². The lowest BCUT2D eigenvalue weighted by molar-refractivity contribution is 0.385. The Hall–Kier alpha value is 0.0700. The van der Waals surface area contributed by atoms with E-state index in [0.29, 0.717) is 12.1 Å². The third-order valence-electron chi connectivity index (χ3n) is 3.24. The summed E-state index contributed by atoms with van der Waals surface area (Å²) in [6, 6.07) is 4.91. The lowest BCUT2D eigenvalue weighted by Gasteiger charge is -2.22. The van der Waals surface area contributed by atoms with E-state index in [1.54, 1.807) is 0 Å². The molecule has 0 bridgehead atoms. The molecule has 2 nitrogen and oxygen atoms in total. The molecule has 16 heavy (non-hydrogen) atoms. The second kappa shape index (κ2) is 5.61. The van der Waals surface area contributed by atoms with E-state index in [1.165, 1.54) is 19.3 Å². The zero-order valence-electron chi connectivity index (χ0n) is 9.70. The summed E-state index contributed by atoms with van der Waals surface area (Å²) in [5, 5.41) is 4.44. The van der Waals surface area contributed by atoms with Crippen molar-refractivity contribution in [3.05, 3.63) is 22.6 Å². The van der Waals surface area contributed by atoms with Gasteiger partial charge >= 0.3 is 0 Å². The summed E-state index contributed by atoms with van der Waals surface area (Å²) in [7, 11) is 0. The van der Waals surface area contributed by atoms with Crippen molar-refractivity contribution in [3.8, 4) is 0 Å². The summed E-state index contributed by atoms with van der Waals surface area (Å²) >= 11 is 5.32. The Kier molecular flexibility index (Phi) is 4.39. The smallest absolute Gasteiger partial charge is 0.169 e. The summed E-state index contributed by atoms with van der Waals surface area (Å²) in [4.78, 5) is 0. The van der Waals surface area contributed by atoms with E-state index in [2.05, 4.69) is 34.4 Å². The third-order valence-corrected chi connectivity index (χ3v) is 4.84. The Bertz CT molecular complexity index is 342. The van der Waals surface area contributed by atoms with Crippen molar-refractivity contribution in [2.24, 2.45) is 0 Å². The van der Waals surface area contributed by atoms with Gasteiger partial charge in [-0.25, -0.2) is 0 Å². The van der Waals surface area contributed by atoms with Crippen LogP contribution in [0, 0.1) is 0 Å². The molecule has 0 spiro atoms. The Balaban J connectivity index is 1.94. The maximum absolute atomic E-state index is 5.57. The van der Waals surface area contributed by atoms with Crippen molar-refractivity contribution in [2.75, 3.05) is 6.26 Å². The van der Waals surface area contributed by atoms with Gasteiger partial charge in [-0.05, 0) is 54.1 Å². The molecule has 1 aliphatic rings. The predicted molar refractivity (Wildman–Crippen MR) is 72.9 cm³/mol. The molecule has 1 aromatic rings. The van der Waals surface area contributed by atoms with Crippen LogP contribution in [-0.4, -0.2) is 17.5 Å². The average Bonchev–Trinajstić information content (AvgIpc) is 2.86. The van der Waals surface area contributed by atoms with Gasteiger partial charge in [-0.2, -0.15) is 11.8 Å². The number of hydrogen-bond acceptors (Lipinski definition) is 3. The van der Waals surface area contributed by atoms with Crippen LogP contribution in [0.3, 0.4) is 0 Å². The van der Waals surface area contributed by atoms with Gasteiger partial charge in [0.1, 0.15) is 5.76 Å². The SMILES string of the molecule is CSC1CCCC1NC(C)c1ccc(Br)o1. The molecule has 0 amide bonds. The quantitative estimate of drug-likeness (QED) is 0.911. The van der Waals surface area contributed by atoms with Gasteiger partial charge in [0.05, 0.1) is 6.04 Å². The number of thioether (sulfide) groups is 1. The van der Waals surface area contributed by atoms with Crippen molar-refractivity contribution in [2.45, 2.75) is 43.5 Å². The Morgan fingerprint density at radius 2 is 2.31 bits per heavy atom. The first-order chi connectivity index (χ1) is 7.70. The molecule has 1 saturated carbocycles. The van der Waals surface area contributed by atoms with Crippen LogP contribution < -0.4 is 5.32 Å². The highest BCUT2D eigenvalue weighted by Gasteiger charge is 2.28. The van der Waals surface area contributed by atoms with Crippen molar-refractivity contribution in [1.82, 2.24) is 5.32 Å². The van der Waals surface area contributed by atoms with Crippen LogP contribution in [0.2, 0.25) is 0 Å². The van der Waals surface area contributed by atoms with Crippen LogP contribution in [0.1, 0.15) is 38.0 Å². The monoisotopic (exact) mass is 303 g/mol. The molecule has 2 rings (SSSR count). The van der Waals surface area contributed by atoms with Crippen LogP contribution in [0.15, 0.2) is 21.2 Å².